The molecule has 0 radical (unpaired) electrons. The van der Waals surface area contributed by atoms with Gasteiger partial charge in [-0.1, -0.05) is 28.1 Å². The van der Waals surface area contributed by atoms with E-state index in [1.807, 2.05) is 0 Å². The maximum atomic E-state index is 13.1. The van der Waals surface area contributed by atoms with Crippen LogP contribution in [0.1, 0.15) is 18.1 Å². The maximum Gasteiger partial charge on any atom is 0.325 e. The van der Waals surface area contributed by atoms with Crippen molar-refractivity contribution in [3.8, 4) is 17.2 Å². The molecule has 28 heavy (non-hydrogen) atoms. The molecule has 1 heterocycles. The molecule has 0 bridgehead atoms. The van der Waals surface area contributed by atoms with Gasteiger partial charge in [-0.2, -0.15) is 0 Å². The van der Waals surface area contributed by atoms with Crippen molar-refractivity contribution in [3.63, 3.8) is 0 Å². The highest BCUT2D eigenvalue weighted by molar-refractivity contribution is 9.10. The molecule has 2 aromatic carbocycles. The van der Waals surface area contributed by atoms with Gasteiger partial charge in [0.1, 0.15) is 11.3 Å². The van der Waals surface area contributed by atoms with Crippen molar-refractivity contribution in [2.24, 2.45) is 0 Å². The van der Waals surface area contributed by atoms with Crippen LogP contribution in [0.2, 0.25) is 0 Å². The first-order valence-corrected chi connectivity index (χ1v) is 9.32. The minimum absolute atomic E-state index is 0.0946. The Morgan fingerprint density at radius 2 is 1.61 bits per heavy atom. The van der Waals surface area contributed by atoms with Gasteiger partial charge in [0.05, 0.1) is 27.9 Å². The molecule has 1 atom stereocenters. The summed E-state index contributed by atoms with van der Waals surface area (Å²) in [7, 11) is 4.65. The van der Waals surface area contributed by atoms with Gasteiger partial charge in [0.15, 0.2) is 11.5 Å². The van der Waals surface area contributed by atoms with E-state index in [9.17, 15) is 9.59 Å². The summed E-state index contributed by atoms with van der Waals surface area (Å²) < 4.78 is 16.5. The first kappa shape index (κ1) is 20.0. The van der Waals surface area contributed by atoms with Crippen LogP contribution in [0.25, 0.3) is 0 Å². The number of ether oxygens (including phenoxy) is 3. The minimum Gasteiger partial charge on any atom is -0.497 e. The predicted octanol–water partition coefficient (Wildman–Crippen LogP) is 3.44. The van der Waals surface area contributed by atoms with Gasteiger partial charge < -0.3 is 19.5 Å². The molecule has 2 aromatic rings. The van der Waals surface area contributed by atoms with Crippen molar-refractivity contribution in [2.45, 2.75) is 19.0 Å². The lowest BCUT2D eigenvalue weighted by molar-refractivity contribution is -0.131. The van der Waals surface area contributed by atoms with E-state index in [2.05, 4.69) is 21.2 Å². The molecule has 8 heteroatoms. The van der Waals surface area contributed by atoms with Crippen LogP contribution in [-0.4, -0.2) is 38.2 Å². The number of urea groups is 1. The number of nitrogens with one attached hydrogen (secondary N) is 1. The van der Waals surface area contributed by atoms with Crippen molar-refractivity contribution in [2.75, 3.05) is 21.3 Å². The zero-order chi connectivity index (χ0) is 20.5. The Morgan fingerprint density at radius 3 is 2.18 bits per heavy atom. The zero-order valence-electron chi connectivity index (χ0n) is 16.0. The average molecular weight is 449 g/mol. The monoisotopic (exact) mass is 448 g/mol. The number of imide groups is 1. The van der Waals surface area contributed by atoms with Crippen LogP contribution in [-0.2, 0) is 16.9 Å². The van der Waals surface area contributed by atoms with E-state index in [4.69, 9.17) is 14.2 Å². The van der Waals surface area contributed by atoms with Crippen LogP contribution in [0.5, 0.6) is 17.2 Å². The summed E-state index contributed by atoms with van der Waals surface area (Å²) in [6.07, 6.45) is 0. The molecule has 148 valence electrons. The highest BCUT2D eigenvalue weighted by Gasteiger charge is 2.49. The van der Waals surface area contributed by atoms with Crippen LogP contribution in [0, 0.1) is 0 Å². The third kappa shape index (κ3) is 3.40. The van der Waals surface area contributed by atoms with E-state index in [0.29, 0.717) is 27.3 Å². The number of rotatable bonds is 6. The third-order valence-corrected chi connectivity index (χ3v) is 5.56. The van der Waals surface area contributed by atoms with E-state index in [-0.39, 0.29) is 12.5 Å². The summed E-state index contributed by atoms with van der Waals surface area (Å²) in [5, 5.41) is 2.80. The number of amides is 3. The molecule has 0 aromatic heterocycles. The Kier molecular flexibility index (Phi) is 5.51. The van der Waals surface area contributed by atoms with Crippen molar-refractivity contribution in [3.05, 3.63) is 52.0 Å². The lowest BCUT2D eigenvalue weighted by Crippen LogP contribution is -2.40. The van der Waals surface area contributed by atoms with Crippen LogP contribution in [0.3, 0.4) is 0 Å². The van der Waals surface area contributed by atoms with Crippen LogP contribution in [0.15, 0.2) is 40.9 Å². The van der Waals surface area contributed by atoms with Gasteiger partial charge in [-0.3, -0.25) is 9.69 Å². The first-order valence-electron chi connectivity index (χ1n) is 8.53. The summed E-state index contributed by atoms with van der Waals surface area (Å²) in [6.45, 7) is 1.79. The van der Waals surface area contributed by atoms with Gasteiger partial charge in [-0.15, -0.1) is 0 Å². The maximum absolute atomic E-state index is 13.1. The average Bonchev–Trinajstić information content (AvgIpc) is 2.92. The molecule has 3 rings (SSSR count). The summed E-state index contributed by atoms with van der Waals surface area (Å²) in [5.41, 5.74) is 0.257. The molecule has 0 aliphatic carbocycles. The number of benzene rings is 2. The molecule has 0 saturated carbocycles. The molecule has 7 nitrogen and oxygen atoms in total. The summed E-state index contributed by atoms with van der Waals surface area (Å²) in [4.78, 5) is 26.9. The van der Waals surface area contributed by atoms with Crippen LogP contribution < -0.4 is 19.5 Å². The second-order valence-corrected chi connectivity index (χ2v) is 7.33. The number of carbonyl (C=O) groups is 2. The quantitative estimate of drug-likeness (QED) is 0.684. The normalized spacial score (nSPS) is 18.8. The Balaban J connectivity index is 1.90. The fraction of sp³-hybridized carbons (Fsp3) is 0.300. The van der Waals surface area contributed by atoms with Crippen molar-refractivity contribution < 1.29 is 23.8 Å². The number of hydrogen-bond acceptors (Lipinski definition) is 5. The van der Waals surface area contributed by atoms with Gasteiger partial charge in [0.25, 0.3) is 5.91 Å². The van der Waals surface area contributed by atoms with E-state index < -0.39 is 11.6 Å². The fourth-order valence-electron chi connectivity index (χ4n) is 3.15. The van der Waals surface area contributed by atoms with E-state index >= 15 is 0 Å². The Morgan fingerprint density at radius 1 is 1.00 bits per heavy atom. The van der Waals surface area contributed by atoms with Crippen molar-refractivity contribution in [1.82, 2.24) is 10.2 Å². The van der Waals surface area contributed by atoms with E-state index in [0.717, 1.165) is 5.56 Å². The summed E-state index contributed by atoms with van der Waals surface area (Å²) in [6, 6.07) is 10.1. The van der Waals surface area contributed by atoms with Crippen LogP contribution in [0.4, 0.5) is 4.79 Å². The molecule has 1 saturated heterocycles. The molecule has 1 N–H and O–H groups in total. The highest BCUT2D eigenvalue weighted by Crippen LogP contribution is 2.36. The summed E-state index contributed by atoms with van der Waals surface area (Å²) >= 11 is 3.47. The molecule has 1 aliphatic rings. The zero-order valence-corrected chi connectivity index (χ0v) is 17.6. The number of halogens is 1. The molecule has 1 unspecified atom stereocenters. The van der Waals surface area contributed by atoms with Gasteiger partial charge in [-0.25, -0.2) is 4.79 Å². The molecule has 1 fully saturated rings. The van der Waals surface area contributed by atoms with Crippen LogP contribution >= 0.6 is 15.9 Å². The minimum atomic E-state index is -1.15. The Bertz CT molecular complexity index is 916. The number of methoxy groups -OCH3 is 3. The second kappa shape index (κ2) is 7.71. The molecule has 0 spiro atoms. The molecular formula is C20H21BrN2O5. The van der Waals surface area contributed by atoms with Crippen molar-refractivity contribution in [1.29, 1.82) is 0 Å². The second-order valence-electron chi connectivity index (χ2n) is 6.47. The van der Waals surface area contributed by atoms with E-state index in [1.165, 1.54) is 12.0 Å². The Hall–Kier alpha value is -2.74. The van der Waals surface area contributed by atoms with Gasteiger partial charge in [-0.05, 0) is 42.3 Å². The summed E-state index contributed by atoms with van der Waals surface area (Å²) in [5.74, 6) is 1.42. The van der Waals surface area contributed by atoms with Crippen molar-refractivity contribution >= 4 is 27.9 Å². The number of hydrogen-bond donors (Lipinski definition) is 1. The van der Waals surface area contributed by atoms with Gasteiger partial charge >= 0.3 is 6.03 Å². The van der Waals surface area contributed by atoms with Gasteiger partial charge in [0.2, 0.25) is 0 Å². The SMILES string of the molecule is COc1ccc(C2(C)NC(=O)N(Cc3cc(OC)c(OC)cc3Br)C2=O)cc1. The smallest absolute Gasteiger partial charge is 0.325 e. The predicted molar refractivity (Wildman–Crippen MR) is 107 cm³/mol. The Labute approximate surface area is 171 Å². The molecule has 3 amide bonds. The number of carbonyl (C=O) groups excluding carboxylic acids is 2. The van der Waals surface area contributed by atoms with Gasteiger partial charge in [0, 0.05) is 4.47 Å². The fourth-order valence-corrected chi connectivity index (χ4v) is 3.60. The molecular weight excluding hydrogens is 428 g/mol. The third-order valence-electron chi connectivity index (χ3n) is 4.82. The number of nitrogens with zero attached hydrogens (tertiary/aromatic N) is 1. The standard InChI is InChI=1S/C20H21BrN2O5/c1-20(13-5-7-14(26-2)8-6-13)18(24)23(19(25)22-20)11-12-9-16(27-3)17(28-4)10-15(12)21/h5-10H,11H2,1-4H3,(H,22,25). The topological polar surface area (TPSA) is 77.1 Å². The molecule has 1 aliphatic heterocycles. The largest absolute Gasteiger partial charge is 0.497 e. The lowest BCUT2D eigenvalue weighted by Gasteiger charge is -2.22. The lowest BCUT2D eigenvalue weighted by atomic mass is 9.92. The first-order chi connectivity index (χ1) is 13.3. The highest BCUT2D eigenvalue weighted by atomic mass is 79.9. The van der Waals surface area contributed by atoms with E-state index in [1.54, 1.807) is 57.5 Å².